The quantitative estimate of drug-likeness (QED) is 0.854. The van der Waals surface area contributed by atoms with E-state index in [-0.39, 0.29) is 11.9 Å². The van der Waals surface area contributed by atoms with Gasteiger partial charge in [-0.05, 0) is 31.5 Å². The van der Waals surface area contributed by atoms with Crippen molar-refractivity contribution in [2.75, 3.05) is 10.7 Å². The second-order valence-electron chi connectivity index (χ2n) is 4.15. The van der Waals surface area contributed by atoms with Gasteiger partial charge in [-0.15, -0.1) is 11.8 Å². The monoisotopic (exact) mass is 236 g/mol. The number of thioether (sulfide) groups is 1. The van der Waals surface area contributed by atoms with Crippen LogP contribution in [0.4, 0.5) is 5.69 Å². The molecule has 3 nitrogen and oxygen atoms in total. The summed E-state index contributed by atoms with van der Waals surface area (Å²) in [7, 11) is 0. The van der Waals surface area contributed by atoms with Gasteiger partial charge in [0.2, 0.25) is 5.91 Å². The van der Waals surface area contributed by atoms with Crippen LogP contribution in [0.1, 0.15) is 19.4 Å². The van der Waals surface area contributed by atoms with Gasteiger partial charge in [-0.3, -0.25) is 4.79 Å². The first-order chi connectivity index (χ1) is 7.63. The van der Waals surface area contributed by atoms with Gasteiger partial charge < -0.3 is 10.6 Å². The van der Waals surface area contributed by atoms with Crippen LogP contribution in [0.2, 0.25) is 0 Å². The lowest BCUT2D eigenvalue weighted by Crippen LogP contribution is -2.40. The van der Waals surface area contributed by atoms with Gasteiger partial charge in [0.05, 0.1) is 11.4 Å². The van der Waals surface area contributed by atoms with Crippen LogP contribution in [0.3, 0.4) is 0 Å². The van der Waals surface area contributed by atoms with Crippen LogP contribution in [0.5, 0.6) is 0 Å². The topological polar surface area (TPSA) is 46.3 Å². The molecule has 86 valence electrons. The van der Waals surface area contributed by atoms with Crippen molar-refractivity contribution in [1.82, 2.24) is 0 Å². The van der Waals surface area contributed by atoms with Crippen molar-refractivity contribution < 1.29 is 4.79 Å². The normalized spacial score (nSPS) is 15.5. The predicted octanol–water partition coefficient (Wildman–Crippen LogP) is 1.99. The summed E-state index contributed by atoms with van der Waals surface area (Å²) in [6.45, 7) is 4.58. The maximum absolute atomic E-state index is 11.9. The van der Waals surface area contributed by atoms with Gasteiger partial charge >= 0.3 is 0 Å². The Morgan fingerprint density at radius 3 is 2.88 bits per heavy atom. The summed E-state index contributed by atoms with van der Waals surface area (Å²) < 4.78 is 0. The molecule has 1 aromatic carbocycles. The third-order valence-corrected chi connectivity index (χ3v) is 3.70. The van der Waals surface area contributed by atoms with E-state index in [2.05, 4.69) is 6.07 Å². The third kappa shape index (κ3) is 1.95. The summed E-state index contributed by atoms with van der Waals surface area (Å²) in [6.07, 6.45) is 0. The average Bonchev–Trinajstić information content (AvgIpc) is 2.27. The molecule has 1 aliphatic heterocycles. The molecule has 0 atom stereocenters. The second kappa shape index (κ2) is 4.47. The molecule has 1 amide bonds. The van der Waals surface area contributed by atoms with E-state index in [1.807, 2.05) is 30.9 Å². The molecule has 1 heterocycles. The Morgan fingerprint density at radius 1 is 1.50 bits per heavy atom. The molecule has 0 saturated heterocycles. The Balaban J connectivity index is 2.48. The van der Waals surface area contributed by atoms with E-state index in [9.17, 15) is 4.79 Å². The van der Waals surface area contributed by atoms with Crippen molar-refractivity contribution in [3.63, 3.8) is 0 Å². The van der Waals surface area contributed by atoms with Crippen molar-refractivity contribution >= 4 is 23.4 Å². The van der Waals surface area contributed by atoms with Crippen molar-refractivity contribution in [1.29, 1.82) is 0 Å². The number of carbonyl (C=O) groups is 1. The Kier molecular flexibility index (Phi) is 3.21. The van der Waals surface area contributed by atoms with Crippen molar-refractivity contribution in [3.05, 3.63) is 23.8 Å². The molecule has 0 bridgehead atoms. The first kappa shape index (κ1) is 11.5. The van der Waals surface area contributed by atoms with Crippen LogP contribution in [0.25, 0.3) is 0 Å². The highest BCUT2D eigenvalue weighted by molar-refractivity contribution is 8.00. The molecular weight excluding hydrogens is 220 g/mol. The van der Waals surface area contributed by atoms with Crippen LogP contribution in [-0.2, 0) is 11.3 Å². The highest BCUT2D eigenvalue weighted by atomic mass is 32.2. The molecule has 0 saturated carbocycles. The molecule has 2 rings (SSSR count). The fourth-order valence-electron chi connectivity index (χ4n) is 1.91. The summed E-state index contributed by atoms with van der Waals surface area (Å²) in [6, 6.07) is 6.31. The molecule has 16 heavy (non-hydrogen) atoms. The minimum atomic E-state index is 0.182. The molecule has 0 spiro atoms. The highest BCUT2D eigenvalue weighted by Crippen LogP contribution is 2.36. The van der Waals surface area contributed by atoms with Crippen LogP contribution in [-0.4, -0.2) is 17.7 Å². The largest absolute Gasteiger partial charge is 0.326 e. The zero-order valence-corrected chi connectivity index (χ0v) is 10.4. The van der Waals surface area contributed by atoms with Crippen LogP contribution in [0.15, 0.2) is 23.1 Å². The molecule has 0 unspecified atom stereocenters. The third-order valence-electron chi connectivity index (χ3n) is 2.65. The van der Waals surface area contributed by atoms with Crippen molar-refractivity contribution in [2.24, 2.45) is 5.73 Å². The number of benzene rings is 1. The maximum atomic E-state index is 11.9. The van der Waals surface area contributed by atoms with Crippen molar-refractivity contribution in [3.8, 4) is 0 Å². The number of rotatable bonds is 2. The molecule has 1 aliphatic rings. The summed E-state index contributed by atoms with van der Waals surface area (Å²) in [5.41, 5.74) is 7.71. The fourth-order valence-corrected chi connectivity index (χ4v) is 2.80. The molecule has 4 heteroatoms. The Labute approximate surface area is 100.0 Å². The maximum Gasteiger partial charge on any atom is 0.237 e. The van der Waals surface area contributed by atoms with E-state index in [1.165, 1.54) is 4.90 Å². The number of fused-ring (bicyclic) bond motifs is 1. The minimum Gasteiger partial charge on any atom is -0.326 e. The first-order valence-electron chi connectivity index (χ1n) is 5.41. The second-order valence-corrected chi connectivity index (χ2v) is 5.17. The summed E-state index contributed by atoms with van der Waals surface area (Å²) >= 11 is 1.61. The molecule has 0 fully saturated rings. The first-order valence-corrected chi connectivity index (χ1v) is 6.40. The molecule has 2 N–H and O–H groups in total. The van der Waals surface area contributed by atoms with E-state index in [4.69, 9.17) is 5.73 Å². The van der Waals surface area contributed by atoms with E-state index >= 15 is 0 Å². The molecule has 0 radical (unpaired) electrons. The summed E-state index contributed by atoms with van der Waals surface area (Å²) in [4.78, 5) is 14.9. The number of nitrogens with two attached hydrogens (primary N) is 1. The average molecular weight is 236 g/mol. The van der Waals surface area contributed by atoms with Gasteiger partial charge in [-0.25, -0.2) is 0 Å². The van der Waals surface area contributed by atoms with Gasteiger partial charge in [0.1, 0.15) is 0 Å². The Hall–Kier alpha value is -1.00. The Morgan fingerprint density at radius 2 is 2.25 bits per heavy atom. The summed E-state index contributed by atoms with van der Waals surface area (Å²) in [5, 5.41) is 0. The number of amides is 1. The number of carbonyl (C=O) groups excluding carboxylic acids is 1. The van der Waals surface area contributed by atoms with Gasteiger partial charge in [0, 0.05) is 17.5 Å². The van der Waals surface area contributed by atoms with Crippen LogP contribution in [0, 0.1) is 0 Å². The lowest BCUT2D eigenvalue weighted by Gasteiger charge is -2.32. The zero-order chi connectivity index (χ0) is 11.7. The fraction of sp³-hybridized carbons (Fsp3) is 0.417. The van der Waals surface area contributed by atoms with Gasteiger partial charge in [0.15, 0.2) is 0 Å². The smallest absolute Gasteiger partial charge is 0.237 e. The van der Waals surface area contributed by atoms with E-state index in [0.717, 1.165) is 11.3 Å². The van der Waals surface area contributed by atoms with E-state index in [0.29, 0.717) is 12.3 Å². The molecule has 0 aromatic heterocycles. The van der Waals surface area contributed by atoms with Gasteiger partial charge in [-0.2, -0.15) is 0 Å². The SMILES string of the molecule is CC(C)N1C(=O)CSc2ccc(CN)cc21. The lowest BCUT2D eigenvalue weighted by molar-refractivity contribution is -0.116. The van der Waals surface area contributed by atoms with Gasteiger partial charge in [-0.1, -0.05) is 6.07 Å². The molecule has 0 aliphatic carbocycles. The number of anilines is 1. The van der Waals surface area contributed by atoms with Gasteiger partial charge in [0.25, 0.3) is 0 Å². The zero-order valence-electron chi connectivity index (χ0n) is 9.56. The summed E-state index contributed by atoms with van der Waals surface area (Å²) in [5.74, 6) is 0.717. The number of nitrogens with zero attached hydrogens (tertiary/aromatic N) is 1. The lowest BCUT2D eigenvalue weighted by atomic mass is 10.1. The van der Waals surface area contributed by atoms with Crippen molar-refractivity contribution in [2.45, 2.75) is 31.3 Å². The van der Waals surface area contributed by atoms with E-state index in [1.54, 1.807) is 11.8 Å². The number of hydrogen-bond acceptors (Lipinski definition) is 3. The highest BCUT2D eigenvalue weighted by Gasteiger charge is 2.26. The molecule has 1 aromatic rings. The predicted molar refractivity (Wildman–Crippen MR) is 67.7 cm³/mol. The van der Waals surface area contributed by atoms with E-state index < -0.39 is 0 Å². The molecular formula is C12H16N2OS. The van der Waals surface area contributed by atoms with Crippen LogP contribution >= 0.6 is 11.8 Å². The van der Waals surface area contributed by atoms with Crippen LogP contribution < -0.4 is 10.6 Å². The minimum absolute atomic E-state index is 0.182. The standard InChI is InChI=1S/C12H16N2OS/c1-8(2)14-10-5-9(6-13)3-4-11(10)16-7-12(14)15/h3-5,8H,6-7,13H2,1-2H3. The number of hydrogen-bond donors (Lipinski definition) is 1. The Bertz CT molecular complexity index is 417.